The summed E-state index contributed by atoms with van der Waals surface area (Å²) in [5.74, 6) is -0.941. The van der Waals surface area contributed by atoms with Crippen molar-refractivity contribution in [1.29, 1.82) is 0 Å². The Hall–Kier alpha value is -1.19. The SMILES string of the molecule is CCC(=O)CC(=O)CC(=O)OC1CCCCC1. The van der Waals surface area contributed by atoms with Crippen LogP contribution < -0.4 is 0 Å². The molecule has 0 aromatic rings. The van der Waals surface area contributed by atoms with Gasteiger partial charge in [0.2, 0.25) is 0 Å². The van der Waals surface area contributed by atoms with E-state index in [1.807, 2.05) is 0 Å². The van der Waals surface area contributed by atoms with E-state index in [9.17, 15) is 14.4 Å². The Morgan fingerprint density at radius 3 is 2.24 bits per heavy atom. The maximum atomic E-state index is 11.4. The third-order valence-electron chi connectivity index (χ3n) is 2.98. The molecule has 4 nitrogen and oxygen atoms in total. The molecular formula is C13H20O4. The summed E-state index contributed by atoms with van der Waals surface area (Å²) in [6.07, 6.45) is 5.06. The van der Waals surface area contributed by atoms with Crippen molar-refractivity contribution in [3.05, 3.63) is 0 Å². The molecule has 0 N–H and O–H groups in total. The van der Waals surface area contributed by atoms with E-state index in [0.29, 0.717) is 6.42 Å². The van der Waals surface area contributed by atoms with Gasteiger partial charge in [-0.1, -0.05) is 13.3 Å². The second kappa shape index (κ2) is 7.20. The molecule has 0 radical (unpaired) electrons. The van der Waals surface area contributed by atoms with Gasteiger partial charge < -0.3 is 4.74 Å². The molecule has 17 heavy (non-hydrogen) atoms. The van der Waals surface area contributed by atoms with Crippen LogP contribution in [0.25, 0.3) is 0 Å². The zero-order valence-electron chi connectivity index (χ0n) is 10.4. The highest BCUT2D eigenvalue weighted by Gasteiger charge is 2.20. The molecular weight excluding hydrogens is 220 g/mol. The number of rotatable bonds is 6. The zero-order valence-corrected chi connectivity index (χ0v) is 10.4. The first-order valence-corrected chi connectivity index (χ1v) is 6.34. The summed E-state index contributed by atoms with van der Waals surface area (Å²) in [6, 6.07) is 0. The van der Waals surface area contributed by atoms with E-state index in [0.717, 1.165) is 25.7 Å². The summed E-state index contributed by atoms with van der Waals surface area (Å²) >= 11 is 0. The first-order chi connectivity index (χ1) is 8.11. The molecule has 4 heteroatoms. The average Bonchev–Trinajstić information content (AvgIpc) is 2.29. The molecule has 1 aliphatic rings. The van der Waals surface area contributed by atoms with E-state index in [-0.39, 0.29) is 30.5 Å². The largest absolute Gasteiger partial charge is 0.462 e. The van der Waals surface area contributed by atoms with Gasteiger partial charge in [-0.15, -0.1) is 0 Å². The molecule has 0 bridgehead atoms. The van der Waals surface area contributed by atoms with Gasteiger partial charge in [0.15, 0.2) is 5.78 Å². The molecule has 0 aromatic carbocycles. The summed E-state index contributed by atoms with van der Waals surface area (Å²) < 4.78 is 5.21. The number of hydrogen-bond acceptors (Lipinski definition) is 4. The second-order valence-electron chi connectivity index (χ2n) is 4.53. The van der Waals surface area contributed by atoms with Crippen molar-refractivity contribution >= 4 is 17.5 Å². The summed E-state index contributed by atoms with van der Waals surface area (Å²) in [5.41, 5.74) is 0. The second-order valence-corrected chi connectivity index (χ2v) is 4.53. The lowest BCUT2D eigenvalue weighted by atomic mass is 9.98. The molecule has 0 amide bonds. The fourth-order valence-corrected chi connectivity index (χ4v) is 1.98. The average molecular weight is 240 g/mol. The highest BCUT2D eigenvalue weighted by molar-refractivity contribution is 6.05. The number of hydrogen-bond donors (Lipinski definition) is 0. The van der Waals surface area contributed by atoms with Gasteiger partial charge in [-0.25, -0.2) is 0 Å². The zero-order chi connectivity index (χ0) is 12.7. The summed E-state index contributed by atoms with van der Waals surface area (Å²) in [6.45, 7) is 1.70. The van der Waals surface area contributed by atoms with Gasteiger partial charge in [0, 0.05) is 6.42 Å². The summed E-state index contributed by atoms with van der Waals surface area (Å²) in [4.78, 5) is 33.8. The van der Waals surface area contributed by atoms with Crippen LogP contribution in [0.4, 0.5) is 0 Å². The molecule has 96 valence electrons. The minimum absolute atomic E-state index is 0.0223. The van der Waals surface area contributed by atoms with Crippen LogP contribution in [0.1, 0.15) is 58.3 Å². The number of ether oxygens (including phenoxy) is 1. The lowest BCUT2D eigenvalue weighted by molar-refractivity contribution is -0.152. The van der Waals surface area contributed by atoms with Crippen LogP contribution in [0.3, 0.4) is 0 Å². The van der Waals surface area contributed by atoms with Gasteiger partial charge in [-0.2, -0.15) is 0 Å². The minimum Gasteiger partial charge on any atom is -0.462 e. The normalized spacial score (nSPS) is 16.5. The van der Waals surface area contributed by atoms with Crippen LogP contribution in [-0.2, 0) is 19.1 Å². The number of carbonyl (C=O) groups is 3. The molecule has 0 unspecified atom stereocenters. The van der Waals surface area contributed by atoms with Crippen LogP contribution in [0, 0.1) is 0 Å². The summed E-state index contributed by atoms with van der Waals surface area (Å²) in [5, 5.41) is 0. The van der Waals surface area contributed by atoms with E-state index >= 15 is 0 Å². The first kappa shape index (κ1) is 13.9. The molecule has 1 aliphatic carbocycles. The fourth-order valence-electron chi connectivity index (χ4n) is 1.98. The number of carbonyl (C=O) groups excluding carboxylic acids is 3. The highest BCUT2D eigenvalue weighted by atomic mass is 16.5. The quantitative estimate of drug-likeness (QED) is 0.527. The van der Waals surface area contributed by atoms with Gasteiger partial charge in [-0.3, -0.25) is 14.4 Å². The maximum Gasteiger partial charge on any atom is 0.313 e. The number of ketones is 2. The van der Waals surface area contributed by atoms with E-state index in [4.69, 9.17) is 4.74 Å². The molecule has 0 spiro atoms. The van der Waals surface area contributed by atoms with Gasteiger partial charge in [-0.05, 0) is 25.7 Å². The van der Waals surface area contributed by atoms with Crippen molar-refractivity contribution in [2.75, 3.05) is 0 Å². The van der Waals surface area contributed by atoms with Crippen molar-refractivity contribution in [3.8, 4) is 0 Å². The number of Topliss-reactive ketones (excluding diaryl/α,β-unsaturated/α-hetero) is 2. The van der Waals surface area contributed by atoms with Crippen LogP contribution in [0.5, 0.6) is 0 Å². The monoisotopic (exact) mass is 240 g/mol. The van der Waals surface area contributed by atoms with Crippen molar-refractivity contribution in [3.63, 3.8) is 0 Å². The molecule has 0 aliphatic heterocycles. The van der Waals surface area contributed by atoms with Gasteiger partial charge in [0.25, 0.3) is 0 Å². The van der Waals surface area contributed by atoms with E-state index in [1.165, 1.54) is 6.42 Å². The van der Waals surface area contributed by atoms with Crippen molar-refractivity contribution in [1.82, 2.24) is 0 Å². The third kappa shape index (κ3) is 5.61. The Morgan fingerprint density at radius 2 is 1.65 bits per heavy atom. The predicted molar refractivity (Wildman–Crippen MR) is 62.5 cm³/mol. The smallest absolute Gasteiger partial charge is 0.313 e. The van der Waals surface area contributed by atoms with Crippen molar-refractivity contribution < 1.29 is 19.1 Å². The topological polar surface area (TPSA) is 60.4 Å². The minimum atomic E-state index is -0.481. The molecule has 1 fully saturated rings. The molecule has 0 aromatic heterocycles. The molecule has 0 heterocycles. The molecule has 1 rings (SSSR count). The third-order valence-corrected chi connectivity index (χ3v) is 2.98. The predicted octanol–water partition coefficient (Wildman–Crippen LogP) is 2.19. The van der Waals surface area contributed by atoms with E-state index in [1.54, 1.807) is 6.92 Å². The van der Waals surface area contributed by atoms with E-state index < -0.39 is 5.97 Å². The van der Waals surface area contributed by atoms with Crippen molar-refractivity contribution in [2.45, 2.75) is 64.4 Å². The van der Waals surface area contributed by atoms with Crippen LogP contribution >= 0.6 is 0 Å². The first-order valence-electron chi connectivity index (χ1n) is 6.34. The van der Waals surface area contributed by atoms with Crippen LogP contribution in [0.15, 0.2) is 0 Å². The van der Waals surface area contributed by atoms with Crippen molar-refractivity contribution in [2.24, 2.45) is 0 Å². The van der Waals surface area contributed by atoms with Gasteiger partial charge >= 0.3 is 5.97 Å². The molecule has 1 saturated carbocycles. The Kier molecular flexibility index (Phi) is 5.87. The van der Waals surface area contributed by atoms with E-state index in [2.05, 4.69) is 0 Å². The lowest BCUT2D eigenvalue weighted by Gasteiger charge is -2.21. The Bertz CT molecular complexity index is 290. The van der Waals surface area contributed by atoms with Gasteiger partial charge in [0.05, 0.1) is 6.42 Å². The standard InChI is InChI=1S/C13H20O4/c1-2-10(14)8-11(15)9-13(16)17-12-6-4-3-5-7-12/h12H,2-9H2,1H3. The van der Waals surface area contributed by atoms with Crippen LogP contribution in [-0.4, -0.2) is 23.6 Å². The van der Waals surface area contributed by atoms with Gasteiger partial charge in [0.1, 0.15) is 18.3 Å². The maximum absolute atomic E-state index is 11.4. The molecule has 0 saturated heterocycles. The fraction of sp³-hybridized carbons (Fsp3) is 0.769. The Morgan fingerprint density at radius 1 is 1.00 bits per heavy atom. The summed E-state index contributed by atoms with van der Waals surface area (Å²) in [7, 11) is 0. The highest BCUT2D eigenvalue weighted by Crippen LogP contribution is 2.20. The van der Waals surface area contributed by atoms with Crippen LogP contribution in [0.2, 0.25) is 0 Å². The number of esters is 1. The Labute approximate surface area is 102 Å². The molecule has 0 atom stereocenters. The Balaban J connectivity index is 2.23. The lowest BCUT2D eigenvalue weighted by Crippen LogP contribution is -2.23.